The van der Waals surface area contributed by atoms with Crippen molar-refractivity contribution < 1.29 is 9.13 Å². The third-order valence-electron chi connectivity index (χ3n) is 2.90. The first-order valence-electron chi connectivity index (χ1n) is 5.58. The topological polar surface area (TPSA) is 35.2 Å². The number of hydrogen-bond acceptors (Lipinski definition) is 2. The maximum absolute atomic E-state index is 13.1. The van der Waals surface area contributed by atoms with Gasteiger partial charge in [-0.3, -0.25) is 0 Å². The molecule has 0 unspecified atom stereocenters. The molecular weight excluding hydrogens is 229 g/mol. The van der Waals surface area contributed by atoms with Crippen LogP contribution in [0.15, 0.2) is 12.1 Å². The number of rotatable bonds is 2. The molecule has 0 spiro atoms. The normalized spacial score (nSPS) is 17.4. The fraction of sp³-hybridized carbons (Fsp3) is 0.500. The van der Waals surface area contributed by atoms with Crippen molar-refractivity contribution in [3.05, 3.63) is 23.0 Å². The molecule has 0 bridgehead atoms. The molecule has 0 amide bonds. The molecule has 1 saturated carbocycles. The number of halogens is 2. The highest BCUT2D eigenvalue weighted by atomic mass is 35.5. The van der Waals surface area contributed by atoms with Crippen LogP contribution in [0.1, 0.15) is 32.1 Å². The molecular formula is C12H15ClFNO. The summed E-state index contributed by atoms with van der Waals surface area (Å²) < 4.78 is 18.8. The molecule has 2 nitrogen and oxygen atoms in total. The monoisotopic (exact) mass is 243 g/mol. The summed E-state index contributed by atoms with van der Waals surface area (Å²) in [5.41, 5.74) is 6.00. The molecule has 0 heterocycles. The van der Waals surface area contributed by atoms with E-state index >= 15 is 0 Å². The van der Waals surface area contributed by atoms with Crippen molar-refractivity contribution in [3.63, 3.8) is 0 Å². The van der Waals surface area contributed by atoms with E-state index in [2.05, 4.69) is 0 Å². The molecule has 16 heavy (non-hydrogen) atoms. The highest BCUT2D eigenvalue weighted by Crippen LogP contribution is 2.31. The maximum Gasteiger partial charge on any atom is 0.144 e. The summed E-state index contributed by atoms with van der Waals surface area (Å²) in [5, 5.41) is 0.0556. The molecule has 1 aromatic rings. The van der Waals surface area contributed by atoms with Gasteiger partial charge in [0, 0.05) is 12.1 Å². The van der Waals surface area contributed by atoms with Gasteiger partial charge < -0.3 is 10.5 Å². The van der Waals surface area contributed by atoms with Crippen molar-refractivity contribution in [3.8, 4) is 5.75 Å². The third-order valence-corrected chi connectivity index (χ3v) is 3.19. The first-order valence-corrected chi connectivity index (χ1v) is 5.96. The van der Waals surface area contributed by atoms with Gasteiger partial charge >= 0.3 is 0 Å². The van der Waals surface area contributed by atoms with Crippen molar-refractivity contribution in [1.82, 2.24) is 0 Å². The Morgan fingerprint density at radius 1 is 1.25 bits per heavy atom. The Labute approximate surface area is 99.5 Å². The van der Waals surface area contributed by atoms with E-state index < -0.39 is 5.82 Å². The lowest BCUT2D eigenvalue weighted by Crippen LogP contribution is -2.20. The average Bonchev–Trinajstić information content (AvgIpc) is 2.27. The zero-order chi connectivity index (χ0) is 11.5. The lowest BCUT2D eigenvalue weighted by atomic mass is 9.98. The van der Waals surface area contributed by atoms with Crippen LogP contribution >= 0.6 is 11.6 Å². The summed E-state index contributed by atoms with van der Waals surface area (Å²) >= 11 is 5.69. The van der Waals surface area contributed by atoms with E-state index in [1.54, 1.807) is 0 Å². The van der Waals surface area contributed by atoms with Gasteiger partial charge in [0.2, 0.25) is 0 Å². The molecule has 4 heteroatoms. The third kappa shape index (κ3) is 2.59. The minimum atomic E-state index is -0.504. The van der Waals surface area contributed by atoms with Crippen LogP contribution in [0.4, 0.5) is 10.1 Å². The largest absolute Gasteiger partial charge is 0.488 e. The zero-order valence-electron chi connectivity index (χ0n) is 9.01. The van der Waals surface area contributed by atoms with E-state index in [-0.39, 0.29) is 11.1 Å². The van der Waals surface area contributed by atoms with Gasteiger partial charge in [0.1, 0.15) is 11.6 Å². The summed E-state index contributed by atoms with van der Waals surface area (Å²) in [6, 6.07) is 2.67. The lowest BCUT2D eigenvalue weighted by molar-refractivity contribution is 0.156. The van der Waals surface area contributed by atoms with Crippen LogP contribution in [0.3, 0.4) is 0 Å². The van der Waals surface area contributed by atoms with Crippen LogP contribution in [0.25, 0.3) is 0 Å². The van der Waals surface area contributed by atoms with Crippen LogP contribution in [-0.2, 0) is 0 Å². The van der Waals surface area contributed by atoms with Gasteiger partial charge in [0.25, 0.3) is 0 Å². The van der Waals surface area contributed by atoms with Crippen LogP contribution in [0.2, 0.25) is 5.02 Å². The summed E-state index contributed by atoms with van der Waals surface area (Å²) in [4.78, 5) is 0. The Kier molecular flexibility index (Phi) is 3.54. The quantitative estimate of drug-likeness (QED) is 0.803. The first kappa shape index (κ1) is 11.5. The second-order valence-electron chi connectivity index (χ2n) is 4.18. The Bertz CT molecular complexity index is 378. The number of anilines is 1. The molecule has 2 rings (SSSR count). The Morgan fingerprint density at radius 2 is 1.94 bits per heavy atom. The highest BCUT2D eigenvalue weighted by Gasteiger charge is 2.17. The number of nitrogen functional groups attached to an aromatic ring is 1. The van der Waals surface area contributed by atoms with Crippen LogP contribution in [0, 0.1) is 5.82 Å². The van der Waals surface area contributed by atoms with Crippen molar-refractivity contribution in [2.24, 2.45) is 0 Å². The summed E-state index contributed by atoms with van der Waals surface area (Å²) in [5.74, 6) is -0.00605. The van der Waals surface area contributed by atoms with E-state index in [1.165, 1.54) is 31.4 Å². The van der Waals surface area contributed by atoms with E-state index in [0.717, 1.165) is 12.8 Å². The van der Waals surface area contributed by atoms with Gasteiger partial charge in [0.15, 0.2) is 0 Å². The lowest BCUT2D eigenvalue weighted by Gasteiger charge is -2.23. The predicted octanol–water partition coefficient (Wildman–Crippen LogP) is 3.77. The van der Waals surface area contributed by atoms with Crippen molar-refractivity contribution in [2.45, 2.75) is 38.2 Å². The fourth-order valence-corrected chi connectivity index (χ4v) is 2.16. The second kappa shape index (κ2) is 4.91. The van der Waals surface area contributed by atoms with Gasteiger partial charge in [-0.05, 0) is 25.7 Å². The molecule has 0 atom stereocenters. The molecule has 0 aliphatic heterocycles. The summed E-state index contributed by atoms with van der Waals surface area (Å²) in [7, 11) is 0. The number of hydrogen-bond donors (Lipinski definition) is 1. The minimum absolute atomic E-state index is 0.0556. The van der Waals surface area contributed by atoms with Gasteiger partial charge in [-0.1, -0.05) is 18.0 Å². The summed E-state index contributed by atoms with van der Waals surface area (Å²) in [6.07, 6.45) is 5.89. The molecule has 2 N–H and O–H groups in total. The molecule has 88 valence electrons. The van der Waals surface area contributed by atoms with Crippen LogP contribution in [0.5, 0.6) is 5.75 Å². The molecule has 1 aromatic carbocycles. The van der Waals surface area contributed by atoms with E-state index in [1.807, 2.05) is 0 Å². The van der Waals surface area contributed by atoms with Gasteiger partial charge in [-0.25, -0.2) is 4.39 Å². The molecule has 1 aliphatic carbocycles. The van der Waals surface area contributed by atoms with Gasteiger partial charge in [-0.2, -0.15) is 0 Å². The highest BCUT2D eigenvalue weighted by molar-refractivity contribution is 6.31. The SMILES string of the molecule is Nc1cc(F)c(Cl)cc1OC1CCCCC1. The van der Waals surface area contributed by atoms with Gasteiger partial charge in [0.05, 0.1) is 16.8 Å². The Hall–Kier alpha value is -0.960. The van der Waals surface area contributed by atoms with Crippen LogP contribution in [-0.4, -0.2) is 6.10 Å². The van der Waals surface area contributed by atoms with E-state index in [9.17, 15) is 4.39 Å². The van der Waals surface area contributed by atoms with Crippen molar-refractivity contribution in [2.75, 3.05) is 5.73 Å². The molecule has 0 aromatic heterocycles. The average molecular weight is 244 g/mol. The number of nitrogens with two attached hydrogens (primary N) is 1. The molecule has 1 fully saturated rings. The Balaban J connectivity index is 2.11. The predicted molar refractivity (Wildman–Crippen MR) is 63.3 cm³/mol. The maximum atomic E-state index is 13.1. The minimum Gasteiger partial charge on any atom is -0.488 e. The second-order valence-corrected chi connectivity index (χ2v) is 4.59. The molecule has 0 saturated heterocycles. The van der Waals surface area contributed by atoms with Crippen molar-refractivity contribution >= 4 is 17.3 Å². The molecule has 0 radical (unpaired) electrons. The standard InChI is InChI=1S/C12H15ClFNO/c13-9-6-12(11(15)7-10(9)14)16-8-4-2-1-3-5-8/h6-8H,1-5,15H2. The number of ether oxygens (including phenoxy) is 1. The first-order chi connectivity index (χ1) is 7.66. The van der Waals surface area contributed by atoms with Crippen molar-refractivity contribution in [1.29, 1.82) is 0 Å². The van der Waals surface area contributed by atoms with Gasteiger partial charge in [-0.15, -0.1) is 0 Å². The Morgan fingerprint density at radius 3 is 2.62 bits per heavy atom. The zero-order valence-corrected chi connectivity index (χ0v) is 9.77. The summed E-state index contributed by atoms with van der Waals surface area (Å²) in [6.45, 7) is 0. The smallest absolute Gasteiger partial charge is 0.144 e. The number of benzene rings is 1. The van der Waals surface area contributed by atoms with Crippen LogP contribution < -0.4 is 10.5 Å². The molecule has 1 aliphatic rings. The fourth-order valence-electron chi connectivity index (χ4n) is 2.01. The van der Waals surface area contributed by atoms with E-state index in [4.69, 9.17) is 22.1 Å². The van der Waals surface area contributed by atoms with E-state index in [0.29, 0.717) is 11.4 Å².